The molecule has 0 fully saturated rings. The van der Waals surface area contributed by atoms with Crippen LogP contribution in [-0.2, 0) is 0 Å². The quantitative estimate of drug-likeness (QED) is 0.894. The van der Waals surface area contributed by atoms with Crippen LogP contribution in [0.1, 0.15) is 22.7 Å². The molecule has 0 aromatic heterocycles. The van der Waals surface area contributed by atoms with E-state index in [1.165, 1.54) is 6.07 Å². The molecule has 0 bridgehead atoms. The van der Waals surface area contributed by atoms with E-state index in [2.05, 4.69) is 11.4 Å². The third kappa shape index (κ3) is 3.11. The fraction of sp³-hybridized carbons (Fsp3) is 0.188. The molecule has 96 valence electrons. The lowest BCUT2D eigenvalue weighted by Crippen LogP contribution is -2.09. The fourth-order valence-electron chi connectivity index (χ4n) is 1.88. The summed E-state index contributed by atoms with van der Waals surface area (Å²) in [5.41, 5.74) is 3.17. The minimum Gasteiger partial charge on any atom is -0.366 e. The van der Waals surface area contributed by atoms with Gasteiger partial charge in [-0.3, -0.25) is 0 Å². The molecule has 0 aliphatic carbocycles. The zero-order valence-corrected chi connectivity index (χ0v) is 10.9. The van der Waals surface area contributed by atoms with E-state index in [0.717, 1.165) is 11.3 Å². The van der Waals surface area contributed by atoms with Crippen LogP contribution in [0.3, 0.4) is 0 Å². The first kappa shape index (κ1) is 13.1. The average Bonchev–Trinajstić information content (AvgIpc) is 2.39. The van der Waals surface area contributed by atoms with Crippen LogP contribution in [0.15, 0.2) is 42.5 Å². The molecule has 2 aromatic rings. The van der Waals surface area contributed by atoms with Crippen LogP contribution in [-0.4, -0.2) is 0 Å². The van der Waals surface area contributed by atoms with Crippen LogP contribution in [0, 0.1) is 31.0 Å². The molecule has 2 nitrogen and oxygen atoms in total. The van der Waals surface area contributed by atoms with Gasteiger partial charge in [-0.25, -0.2) is 4.39 Å². The smallest absolute Gasteiger partial charge is 0.140 e. The molecule has 2 rings (SSSR count). The molecule has 0 radical (unpaired) electrons. The summed E-state index contributed by atoms with van der Waals surface area (Å²) in [5.74, 6) is -0.288. The van der Waals surface area contributed by atoms with Crippen LogP contribution in [0.5, 0.6) is 0 Å². The molecule has 0 spiro atoms. The monoisotopic (exact) mass is 254 g/mol. The standard InChI is InChI=1S/C16H15FN2/c1-11-4-3-5-14(8-11)19-16(10-18)13-7-6-12(2)15(17)9-13/h3-9,16,19H,1-2H3. The van der Waals surface area contributed by atoms with Gasteiger partial charge in [0.1, 0.15) is 11.9 Å². The molecule has 0 aliphatic rings. The van der Waals surface area contributed by atoms with Crippen molar-refractivity contribution >= 4 is 5.69 Å². The summed E-state index contributed by atoms with van der Waals surface area (Å²) in [6.45, 7) is 3.69. The second-order valence-corrected chi connectivity index (χ2v) is 4.58. The van der Waals surface area contributed by atoms with Gasteiger partial charge in [-0.1, -0.05) is 24.3 Å². The number of rotatable bonds is 3. The number of nitrogens with zero attached hydrogens (tertiary/aromatic N) is 1. The first-order valence-electron chi connectivity index (χ1n) is 6.09. The zero-order chi connectivity index (χ0) is 13.8. The van der Waals surface area contributed by atoms with E-state index in [1.54, 1.807) is 19.1 Å². The van der Waals surface area contributed by atoms with Gasteiger partial charge in [0.2, 0.25) is 0 Å². The number of aryl methyl sites for hydroxylation is 2. The van der Waals surface area contributed by atoms with Gasteiger partial charge in [0.15, 0.2) is 0 Å². The third-order valence-electron chi connectivity index (χ3n) is 2.99. The number of hydrogen-bond acceptors (Lipinski definition) is 2. The Morgan fingerprint density at radius 3 is 2.58 bits per heavy atom. The third-order valence-corrected chi connectivity index (χ3v) is 2.99. The number of hydrogen-bond donors (Lipinski definition) is 1. The van der Waals surface area contributed by atoms with E-state index >= 15 is 0 Å². The zero-order valence-electron chi connectivity index (χ0n) is 10.9. The Hall–Kier alpha value is -2.34. The maximum atomic E-state index is 13.5. The van der Waals surface area contributed by atoms with Crippen molar-refractivity contribution in [3.05, 3.63) is 65.0 Å². The molecule has 0 saturated heterocycles. The predicted molar refractivity (Wildman–Crippen MR) is 74.3 cm³/mol. The van der Waals surface area contributed by atoms with Crippen LogP contribution >= 0.6 is 0 Å². The topological polar surface area (TPSA) is 35.8 Å². The highest BCUT2D eigenvalue weighted by Gasteiger charge is 2.12. The molecular weight excluding hydrogens is 239 g/mol. The van der Waals surface area contributed by atoms with E-state index in [1.807, 2.05) is 31.2 Å². The minimum absolute atomic E-state index is 0.288. The van der Waals surface area contributed by atoms with Crippen molar-refractivity contribution in [2.45, 2.75) is 19.9 Å². The summed E-state index contributed by atoms with van der Waals surface area (Å²) >= 11 is 0. The van der Waals surface area contributed by atoms with Gasteiger partial charge >= 0.3 is 0 Å². The second-order valence-electron chi connectivity index (χ2n) is 4.58. The Morgan fingerprint density at radius 1 is 1.16 bits per heavy atom. The molecule has 2 aromatic carbocycles. The van der Waals surface area contributed by atoms with Gasteiger partial charge in [0.05, 0.1) is 6.07 Å². The van der Waals surface area contributed by atoms with Crippen molar-refractivity contribution in [3.63, 3.8) is 0 Å². The van der Waals surface area contributed by atoms with Crippen LogP contribution in [0.25, 0.3) is 0 Å². The van der Waals surface area contributed by atoms with Crippen LogP contribution < -0.4 is 5.32 Å². The maximum absolute atomic E-state index is 13.5. The number of anilines is 1. The van der Waals surface area contributed by atoms with Gasteiger partial charge in [0, 0.05) is 5.69 Å². The van der Waals surface area contributed by atoms with Crippen molar-refractivity contribution in [1.82, 2.24) is 0 Å². The van der Waals surface area contributed by atoms with E-state index in [4.69, 9.17) is 0 Å². The van der Waals surface area contributed by atoms with Gasteiger partial charge in [-0.05, 0) is 48.7 Å². The molecule has 19 heavy (non-hydrogen) atoms. The highest BCUT2D eigenvalue weighted by atomic mass is 19.1. The lowest BCUT2D eigenvalue weighted by Gasteiger charge is -2.14. The summed E-state index contributed by atoms with van der Waals surface area (Å²) in [6, 6.07) is 14.2. The first-order valence-corrected chi connectivity index (χ1v) is 6.09. The molecule has 0 heterocycles. The lowest BCUT2D eigenvalue weighted by molar-refractivity contribution is 0.615. The average molecular weight is 254 g/mol. The summed E-state index contributed by atoms with van der Waals surface area (Å²) in [6.07, 6.45) is 0. The number of halogens is 1. The summed E-state index contributed by atoms with van der Waals surface area (Å²) in [7, 11) is 0. The van der Waals surface area contributed by atoms with E-state index in [9.17, 15) is 9.65 Å². The van der Waals surface area contributed by atoms with E-state index in [0.29, 0.717) is 11.1 Å². The predicted octanol–water partition coefficient (Wildman–Crippen LogP) is 4.12. The lowest BCUT2D eigenvalue weighted by atomic mass is 10.1. The van der Waals surface area contributed by atoms with Crippen LogP contribution in [0.2, 0.25) is 0 Å². The SMILES string of the molecule is Cc1cccc(NC(C#N)c2ccc(C)c(F)c2)c1. The van der Waals surface area contributed by atoms with Crippen molar-refractivity contribution in [1.29, 1.82) is 5.26 Å². The fourth-order valence-corrected chi connectivity index (χ4v) is 1.88. The largest absolute Gasteiger partial charge is 0.366 e. The molecule has 1 N–H and O–H groups in total. The highest BCUT2D eigenvalue weighted by molar-refractivity contribution is 5.49. The number of nitrogens with one attached hydrogen (secondary N) is 1. The maximum Gasteiger partial charge on any atom is 0.140 e. The molecule has 0 saturated carbocycles. The van der Waals surface area contributed by atoms with E-state index in [-0.39, 0.29) is 5.82 Å². The summed E-state index contributed by atoms with van der Waals surface area (Å²) in [5, 5.41) is 12.3. The van der Waals surface area contributed by atoms with Gasteiger partial charge < -0.3 is 5.32 Å². The number of nitriles is 1. The van der Waals surface area contributed by atoms with Crippen molar-refractivity contribution in [2.24, 2.45) is 0 Å². The van der Waals surface area contributed by atoms with E-state index < -0.39 is 6.04 Å². The Labute approximate surface area is 112 Å². The van der Waals surface area contributed by atoms with Crippen molar-refractivity contribution < 1.29 is 4.39 Å². The Bertz CT molecular complexity index is 629. The summed E-state index contributed by atoms with van der Waals surface area (Å²) in [4.78, 5) is 0. The van der Waals surface area contributed by atoms with Crippen molar-refractivity contribution in [2.75, 3.05) is 5.32 Å². The molecular formula is C16H15FN2. The molecule has 1 atom stereocenters. The van der Waals surface area contributed by atoms with Gasteiger partial charge in [-0.15, -0.1) is 0 Å². The normalized spacial score (nSPS) is 11.7. The molecule has 3 heteroatoms. The van der Waals surface area contributed by atoms with Gasteiger partial charge in [-0.2, -0.15) is 5.26 Å². The second kappa shape index (κ2) is 5.53. The number of benzene rings is 2. The molecule has 0 aliphatic heterocycles. The first-order chi connectivity index (χ1) is 9.10. The Balaban J connectivity index is 2.25. The molecule has 1 unspecified atom stereocenters. The van der Waals surface area contributed by atoms with Crippen LogP contribution in [0.4, 0.5) is 10.1 Å². The minimum atomic E-state index is -0.558. The molecule has 0 amide bonds. The van der Waals surface area contributed by atoms with Gasteiger partial charge in [0.25, 0.3) is 0 Å². The summed E-state index contributed by atoms with van der Waals surface area (Å²) < 4.78 is 13.5. The Kier molecular flexibility index (Phi) is 3.82. The highest BCUT2D eigenvalue weighted by Crippen LogP contribution is 2.21. The van der Waals surface area contributed by atoms with Crippen molar-refractivity contribution in [3.8, 4) is 6.07 Å². The Morgan fingerprint density at radius 2 is 1.95 bits per heavy atom.